The summed E-state index contributed by atoms with van der Waals surface area (Å²) in [6.07, 6.45) is 0.720. The second-order valence-electron chi connectivity index (χ2n) is 4.38. The molecule has 2 rings (SSSR count). The molecule has 1 unspecified atom stereocenters. The number of halogens is 1. The van der Waals surface area contributed by atoms with Gasteiger partial charge in [-0.3, -0.25) is 0 Å². The predicted octanol–water partition coefficient (Wildman–Crippen LogP) is 2.45. The molecule has 5 heteroatoms. The molecule has 4 nitrogen and oxygen atoms in total. The molecule has 0 aliphatic rings. The smallest absolute Gasteiger partial charge is 0.224 e. The van der Waals surface area contributed by atoms with E-state index in [4.69, 9.17) is 11.6 Å². The van der Waals surface area contributed by atoms with E-state index >= 15 is 0 Å². The maximum Gasteiger partial charge on any atom is 0.224 e. The van der Waals surface area contributed by atoms with Gasteiger partial charge >= 0.3 is 0 Å². The van der Waals surface area contributed by atoms with Crippen molar-refractivity contribution < 1.29 is 5.11 Å². The zero-order valence-corrected chi connectivity index (χ0v) is 11.4. The van der Waals surface area contributed by atoms with Gasteiger partial charge in [0.25, 0.3) is 0 Å². The van der Waals surface area contributed by atoms with Crippen LogP contribution in [0.2, 0.25) is 5.28 Å². The third-order valence-electron chi connectivity index (χ3n) is 2.72. The summed E-state index contributed by atoms with van der Waals surface area (Å²) in [6.45, 7) is 1.87. The molecular formula is C14H16ClN3O. The molecule has 0 aliphatic carbocycles. The number of benzene rings is 1. The Labute approximate surface area is 117 Å². The minimum atomic E-state index is -0.104. The van der Waals surface area contributed by atoms with Gasteiger partial charge in [-0.05, 0) is 30.5 Å². The molecule has 1 aromatic carbocycles. The molecule has 1 atom stereocenters. The average Bonchev–Trinajstić information content (AvgIpc) is 2.38. The van der Waals surface area contributed by atoms with Crippen molar-refractivity contribution in [2.75, 3.05) is 11.9 Å². The van der Waals surface area contributed by atoms with Crippen molar-refractivity contribution in [1.29, 1.82) is 0 Å². The van der Waals surface area contributed by atoms with Crippen LogP contribution in [0.3, 0.4) is 0 Å². The van der Waals surface area contributed by atoms with Gasteiger partial charge in [-0.25, -0.2) is 9.97 Å². The van der Waals surface area contributed by atoms with Crippen LogP contribution in [-0.2, 0) is 6.42 Å². The summed E-state index contributed by atoms with van der Waals surface area (Å²) in [5, 5.41) is 12.8. The van der Waals surface area contributed by atoms with Crippen molar-refractivity contribution >= 4 is 17.4 Å². The standard InChI is InChI=1S/C14H16ClN3O/c1-10-7-13(18-14(15)16-10)17-12(9-19)8-11-5-3-2-4-6-11/h2-7,12,19H,8-9H2,1H3,(H,16,17,18). The average molecular weight is 278 g/mol. The maximum absolute atomic E-state index is 9.45. The number of anilines is 1. The molecule has 0 fully saturated rings. The summed E-state index contributed by atoms with van der Waals surface area (Å²) < 4.78 is 0. The largest absolute Gasteiger partial charge is 0.394 e. The van der Waals surface area contributed by atoms with Gasteiger partial charge in [0.15, 0.2) is 0 Å². The Bertz CT molecular complexity index is 513. The first-order chi connectivity index (χ1) is 9.17. The number of aliphatic hydroxyl groups excluding tert-OH is 1. The number of hydrogen-bond donors (Lipinski definition) is 2. The molecule has 0 bridgehead atoms. The van der Waals surface area contributed by atoms with E-state index < -0.39 is 0 Å². The molecular weight excluding hydrogens is 262 g/mol. The second-order valence-corrected chi connectivity index (χ2v) is 4.72. The van der Waals surface area contributed by atoms with Gasteiger partial charge in [-0.2, -0.15) is 0 Å². The number of aliphatic hydroxyl groups is 1. The van der Waals surface area contributed by atoms with Crippen molar-refractivity contribution in [2.45, 2.75) is 19.4 Å². The van der Waals surface area contributed by atoms with Crippen LogP contribution in [0.25, 0.3) is 0 Å². The molecule has 2 N–H and O–H groups in total. The van der Waals surface area contributed by atoms with E-state index in [-0.39, 0.29) is 17.9 Å². The lowest BCUT2D eigenvalue weighted by Crippen LogP contribution is -2.27. The van der Waals surface area contributed by atoms with Crippen LogP contribution in [0.1, 0.15) is 11.3 Å². The molecule has 0 spiro atoms. The first kappa shape index (κ1) is 13.8. The van der Waals surface area contributed by atoms with Gasteiger partial charge in [0.05, 0.1) is 12.6 Å². The highest BCUT2D eigenvalue weighted by Crippen LogP contribution is 2.12. The Morgan fingerprint density at radius 1 is 1.26 bits per heavy atom. The fraction of sp³-hybridized carbons (Fsp3) is 0.286. The second kappa shape index (κ2) is 6.50. The molecule has 0 aliphatic heterocycles. The van der Waals surface area contributed by atoms with Crippen molar-refractivity contribution in [3.63, 3.8) is 0 Å². The molecule has 2 aromatic rings. The zero-order valence-electron chi connectivity index (χ0n) is 10.7. The van der Waals surface area contributed by atoms with Gasteiger partial charge in [0.2, 0.25) is 5.28 Å². The minimum Gasteiger partial charge on any atom is -0.394 e. The van der Waals surface area contributed by atoms with Crippen LogP contribution >= 0.6 is 11.6 Å². The topological polar surface area (TPSA) is 58.0 Å². The first-order valence-corrected chi connectivity index (χ1v) is 6.47. The summed E-state index contributed by atoms with van der Waals surface area (Å²) in [5.74, 6) is 0.632. The van der Waals surface area contributed by atoms with Gasteiger partial charge in [0.1, 0.15) is 5.82 Å². The molecule has 100 valence electrons. The van der Waals surface area contributed by atoms with Crippen LogP contribution < -0.4 is 5.32 Å². The van der Waals surface area contributed by atoms with E-state index in [1.54, 1.807) is 6.07 Å². The summed E-state index contributed by atoms with van der Waals surface area (Å²) in [5.41, 5.74) is 1.95. The number of nitrogens with one attached hydrogen (secondary N) is 1. The Morgan fingerprint density at radius 2 is 2.00 bits per heavy atom. The summed E-state index contributed by atoms with van der Waals surface area (Å²) in [6, 6.07) is 11.7. The van der Waals surface area contributed by atoms with E-state index in [1.165, 1.54) is 0 Å². The number of nitrogens with zero attached hydrogens (tertiary/aromatic N) is 2. The summed E-state index contributed by atoms with van der Waals surface area (Å²) in [7, 11) is 0. The normalized spacial score (nSPS) is 12.2. The van der Waals surface area contributed by atoms with Crippen molar-refractivity contribution in [3.8, 4) is 0 Å². The third kappa shape index (κ3) is 4.19. The van der Waals surface area contributed by atoms with Crippen LogP contribution in [0.15, 0.2) is 36.4 Å². The third-order valence-corrected chi connectivity index (χ3v) is 2.89. The summed E-state index contributed by atoms with van der Waals surface area (Å²) >= 11 is 5.81. The number of rotatable bonds is 5. The Balaban J connectivity index is 2.06. The lowest BCUT2D eigenvalue weighted by atomic mass is 10.1. The number of aryl methyl sites for hydroxylation is 1. The maximum atomic E-state index is 9.45. The Kier molecular flexibility index (Phi) is 4.71. The summed E-state index contributed by atoms with van der Waals surface area (Å²) in [4.78, 5) is 8.10. The van der Waals surface area contributed by atoms with Crippen LogP contribution in [0, 0.1) is 6.92 Å². The molecule has 0 radical (unpaired) electrons. The van der Waals surface area contributed by atoms with Crippen molar-refractivity contribution in [2.24, 2.45) is 0 Å². The van der Waals surface area contributed by atoms with Crippen molar-refractivity contribution in [3.05, 3.63) is 52.9 Å². The highest BCUT2D eigenvalue weighted by molar-refractivity contribution is 6.28. The van der Waals surface area contributed by atoms with Gasteiger partial charge < -0.3 is 10.4 Å². The number of aromatic nitrogens is 2. The van der Waals surface area contributed by atoms with E-state index in [1.807, 2.05) is 37.3 Å². The number of hydrogen-bond acceptors (Lipinski definition) is 4. The van der Waals surface area contributed by atoms with Gasteiger partial charge in [-0.15, -0.1) is 0 Å². The van der Waals surface area contributed by atoms with E-state index in [0.29, 0.717) is 5.82 Å². The Morgan fingerprint density at radius 3 is 2.63 bits per heavy atom. The Hall–Kier alpha value is -1.65. The highest BCUT2D eigenvalue weighted by Gasteiger charge is 2.10. The monoisotopic (exact) mass is 277 g/mol. The van der Waals surface area contributed by atoms with Crippen LogP contribution in [-0.4, -0.2) is 27.7 Å². The lowest BCUT2D eigenvalue weighted by molar-refractivity contribution is 0.273. The van der Waals surface area contributed by atoms with Gasteiger partial charge in [0, 0.05) is 11.8 Å². The van der Waals surface area contributed by atoms with E-state index in [0.717, 1.165) is 17.7 Å². The zero-order chi connectivity index (χ0) is 13.7. The predicted molar refractivity (Wildman–Crippen MR) is 76.4 cm³/mol. The molecule has 0 amide bonds. The van der Waals surface area contributed by atoms with Crippen LogP contribution in [0.4, 0.5) is 5.82 Å². The SMILES string of the molecule is Cc1cc(NC(CO)Cc2ccccc2)nc(Cl)n1. The van der Waals surface area contributed by atoms with Gasteiger partial charge in [-0.1, -0.05) is 30.3 Å². The fourth-order valence-corrected chi connectivity index (χ4v) is 2.10. The molecule has 1 aromatic heterocycles. The quantitative estimate of drug-likeness (QED) is 0.825. The molecule has 19 heavy (non-hydrogen) atoms. The van der Waals surface area contributed by atoms with Crippen LogP contribution in [0.5, 0.6) is 0 Å². The highest BCUT2D eigenvalue weighted by atomic mass is 35.5. The molecule has 0 saturated carbocycles. The fourth-order valence-electron chi connectivity index (χ4n) is 1.88. The lowest BCUT2D eigenvalue weighted by Gasteiger charge is -2.17. The molecule has 1 heterocycles. The minimum absolute atomic E-state index is 0.0234. The van der Waals surface area contributed by atoms with Crippen molar-refractivity contribution in [1.82, 2.24) is 9.97 Å². The van der Waals surface area contributed by atoms with E-state index in [2.05, 4.69) is 15.3 Å². The first-order valence-electron chi connectivity index (χ1n) is 6.10. The molecule has 0 saturated heterocycles. The van der Waals surface area contributed by atoms with E-state index in [9.17, 15) is 5.11 Å².